The van der Waals surface area contributed by atoms with Crippen molar-refractivity contribution in [1.29, 1.82) is 5.26 Å². The quantitative estimate of drug-likeness (QED) is 0.182. The van der Waals surface area contributed by atoms with E-state index in [0.717, 1.165) is 82.1 Å². The summed E-state index contributed by atoms with van der Waals surface area (Å²) in [5.74, 6) is 0.869. The van der Waals surface area contributed by atoms with Crippen LogP contribution in [0, 0.1) is 23.5 Å². The Morgan fingerprint density at radius 3 is 1.56 bits per heavy atom. The normalized spacial score (nSPS) is 14.3. The summed E-state index contributed by atoms with van der Waals surface area (Å²) < 4.78 is 32.2. The fourth-order valence-corrected chi connectivity index (χ4v) is 6.05. The van der Waals surface area contributed by atoms with E-state index in [1.54, 1.807) is 24.8 Å². The summed E-state index contributed by atoms with van der Waals surface area (Å²) in [6, 6.07) is 6.29. The molecular formula is C29H31BBr2ClF2N13NaO. The van der Waals surface area contributed by atoms with E-state index in [0.29, 0.717) is 31.3 Å². The molecule has 0 unspecified atom stereocenters. The number of nitrogens with zero attached hydrogens (tertiary/aromatic N) is 12. The Morgan fingerprint density at radius 2 is 1.14 bits per heavy atom. The number of rotatable bonds is 2. The molecule has 8 rings (SSSR count). The topological polar surface area (TPSA) is 152 Å². The van der Waals surface area contributed by atoms with Gasteiger partial charge >= 0.3 is 29.6 Å². The van der Waals surface area contributed by atoms with E-state index >= 15 is 0 Å². The molecule has 2 aliphatic rings. The Morgan fingerprint density at radius 1 is 0.740 bits per heavy atom. The molecule has 0 amide bonds. The maximum Gasteiger partial charge on any atom is 1.00 e. The number of fused-ring (bicyclic) bond motifs is 6. The largest absolute Gasteiger partial charge is 1.00 e. The van der Waals surface area contributed by atoms with Crippen LogP contribution in [0.4, 0.5) is 20.4 Å². The summed E-state index contributed by atoms with van der Waals surface area (Å²) in [4.78, 5) is 15.9. The number of hydrogen-bond donors (Lipinski definition) is 2. The smallest absolute Gasteiger partial charge is 0.512 e. The Hall–Kier alpha value is -2.80. The van der Waals surface area contributed by atoms with Gasteiger partial charge in [-0.1, -0.05) is 0 Å². The number of aromatic nitrogens is 8. The van der Waals surface area contributed by atoms with Crippen molar-refractivity contribution < 1.29 is 43.4 Å². The molecule has 4 aromatic heterocycles. The van der Waals surface area contributed by atoms with Crippen molar-refractivity contribution in [2.45, 2.75) is 0 Å². The molecule has 6 aromatic rings. The summed E-state index contributed by atoms with van der Waals surface area (Å²) >= 11 is 6.43. The van der Waals surface area contributed by atoms with Crippen LogP contribution in [0.15, 0.2) is 45.9 Å². The van der Waals surface area contributed by atoms with Crippen LogP contribution in [0.5, 0.6) is 0 Å². The molecular weight excluding hydrogens is 813 g/mol. The Bertz CT molecular complexity index is 2040. The summed E-state index contributed by atoms with van der Waals surface area (Å²) in [7, 11) is 3.10. The number of piperazine rings is 2. The summed E-state index contributed by atoms with van der Waals surface area (Å²) in [5.41, 5.74) is 4.16. The van der Waals surface area contributed by atoms with Gasteiger partial charge in [-0.05, 0) is 51.0 Å². The number of aliphatic hydroxyl groups excluding tert-OH is 1. The van der Waals surface area contributed by atoms with Crippen molar-refractivity contribution in [2.75, 3.05) is 76.3 Å². The molecule has 2 N–H and O–H groups in total. The second-order valence-electron chi connectivity index (χ2n) is 10.5. The molecule has 14 nitrogen and oxygen atoms in total. The van der Waals surface area contributed by atoms with E-state index in [1.807, 2.05) is 8.80 Å². The van der Waals surface area contributed by atoms with Gasteiger partial charge in [0.05, 0.1) is 31.0 Å². The van der Waals surface area contributed by atoms with Gasteiger partial charge in [0.1, 0.15) is 24.3 Å². The van der Waals surface area contributed by atoms with Crippen LogP contribution < -0.4 is 44.7 Å². The molecule has 6 heterocycles. The van der Waals surface area contributed by atoms with Gasteiger partial charge in [-0.2, -0.15) is 0 Å². The van der Waals surface area contributed by atoms with Gasteiger partial charge < -0.3 is 37.0 Å². The third kappa shape index (κ3) is 8.98. The van der Waals surface area contributed by atoms with Crippen LogP contribution in [0.25, 0.3) is 33.4 Å². The second kappa shape index (κ2) is 19.7. The van der Waals surface area contributed by atoms with Gasteiger partial charge in [-0.3, -0.25) is 8.80 Å². The van der Waals surface area contributed by atoms with Crippen LogP contribution in [0.2, 0.25) is 0 Å². The van der Waals surface area contributed by atoms with Crippen LogP contribution in [-0.4, -0.2) is 124 Å². The molecule has 3 radical (unpaired) electrons. The van der Waals surface area contributed by atoms with E-state index in [9.17, 15) is 8.78 Å². The van der Waals surface area contributed by atoms with Crippen molar-refractivity contribution in [3.05, 3.63) is 64.1 Å². The van der Waals surface area contributed by atoms with Crippen LogP contribution in [0.3, 0.4) is 0 Å². The number of aliphatic hydroxyl groups is 1. The first-order valence-electron chi connectivity index (χ1n) is 14.4. The minimum Gasteiger partial charge on any atom is -0.512 e. The van der Waals surface area contributed by atoms with E-state index in [-0.39, 0.29) is 62.0 Å². The van der Waals surface area contributed by atoms with Crippen molar-refractivity contribution in [2.24, 2.45) is 0 Å². The average molecular weight is 845 g/mol. The molecule has 0 aliphatic carbocycles. The average Bonchev–Trinajstić information content (AvgIpc) is 3.80. The first-order chi connectivity index (χ1) is 22.9. The van der Waals surface area contributed by atoms with Crippen LogP contribution >= 0.6 is 44.3 Å². The Balaban J connectivity index is 0.000000300. The Labute approximate surface area is 333 Å². The number of hydrogen-bond acceptors (Lipinski definition) is 12. The fraction of sp³-hybridized carbons (Fsp3) is 0.345. The summed E-state index contributed by atoms with van der Waals surface area (Å²) in [6.07, 6.45) is 3.28. The predicted molar refractivity (Wildman–Crippen MR) is 193 cm³/mol. The standard InChI is InChI=1S/C14H14BrFN6.C13H12BrFN6.CN.CH4O.B.ClH.Na/c1-20-2-4-21(5-3-20)13-14-19-17-8-22(14)12-6-9(15)10(16)7-11(12)18-13;14-8-5-11-10(6-9(8)15)18-12(13-19-17-7-21(11)13)20-3-1-16-2-4-20;2*1-2;;;/h6-8H,2-5H2,1H3;5-7,16H,1-4H2;;2H,1H3;;1H;/q;;-1;;;;+1. The molecule has 0 saturated carbocycles. The van der Waals surface area contributed by atoms with Gasteiger partial charge in [0.2, 0.25) is 11.3 Å². The minimum absolute atomic E-state index is 0. The SMILES string of the molecule is CN1CCN(c2nc3cc(F)c(Br)cc3n3cnnc23)CC1.CO.Cl.Fc1cc2nc(N3CCNCC3)c3nncn3c2cc1Br.[B].[C-]#N.[Na+]. The van der Waals surface area contributed by atoms with E-state index < -0.39 is 0 Å². The molecule has 2 fully saturated rings. The molecule has 50 heavy (non-hydrogen) atoms. The van der Waals surface area contributed by atoms with Crippen LogP contribution in [0.1, 0.15) is 0 Å². The molecule has 2 aromatic carbocycles. The zero-order chi connectivity index (χ0) is 33.7. The number of nitrogens with one attached hydrogen (secondary N) is 1. The number of anilines is 2. The van der Waals surface area contributed by atoms with Crippen molar-refractivity contribution in [1.82, 2.24) is 49.4 Å². The van der Waals surface area contributed by atoms with Crippen molar-refractivity contribution in [3.63, 3.8) is 0 Å². The molecule has 0 bridgehead atoms. The zero-order valence-corrected chi connectivity index (χ0v) is 33.4. The van der Waals surface area contributed by atoms with Gasteiger partial charge in [0.15, 0.2) is 11.6 Å². The van der Waals surface area contributed by atoms with Crippen molar-refractivity contribution in [3.8, 4) is 0 Å². The third-order valence-corrected chi connectivity index (χ3v) is 8.94. The predicted octanol–water partition coefficient (Wildman–Crippen LogP) is 0.269. The molecule has 21 heteroatoms. The molecule has 2 saturated heterocycles. The van der Waals surface area contributed by atoms with E-state index in [2.05, 4.69) is 89.3 Å². The minimum atomic E-state index is -0.325. The Kier molecular flexibility index (Phi) is 17.1. The zero-order valence-electron chi connectivity index (χ0n) is 27.4. The monoisotopic (exact) mass is 842 g/mol. The van der Waals surface area contributed by atoms with E-state index in [1.165, 1.54) is 12.1 Å². The van der Waals surface area contributed by atoms with Gasteiger partial charge in [0, 0.05) is 80.0 Å². The van der Waals surface area contributed by atoms with Crippen LogP contribution in [-0.2, 0) is 0 Å². The van der Waals surface area contributed by atoms with E-state index in [4.69, 9.17) is 16.9 Å². The second-order valence-corrected chi connectivity index (χ2v) is 12.2. The number of halogens is 5. The maximum absolute atomic E-state index is 13.9. The summed E-state index contributed by atoms with van der Waals surface area (Å²) in [6.45, 7) is 11.9. The molecule has 257 valence electrons. The summed E-state index contributed by atoms with van der Waals surface area (Å²) in [5, 5.41) is 32.9. The maximum atomic E-state index is 13.9. The molecule has 0 atom stereocenters. The molecule has 2 aliphatic heterocycles. The van der Waals surface area contributed by atoms with Crippen molar-refractivity contribution >= 4 is 97.7 Å². The number of benzene rings is 2. The van der Waals surface area contributed by atoms with Gasteiger partial charge in [0.25, 0.3) is 0 Å². The first kappa shape index (κ1) is 43.4. The number of likely N-dealkylation sites (N-methyl/N-ethyl adjacent to an activating group) is 1. The van der Waals surface area contributed by atoms with Gasteiger partial charge in [-0.15, -0.1) is 32.8 Å². The first-order valence-corrected chi connectivity index (χ1v) is 16.0. The fourth-order valence-electron chi connectivity index (χ4n) is 5.39. The van der Waals surface area contributed by atoms with Gasteiger partial charge in [-0.25, -0.2) is 18.7 Å². The third-order valence-electron chi connectivity index (χ3n) is 7.72. The molecule has 0 spiro atoms.